The molecule has 1 aromatic rings. The van der Waals surface area contributed by atoms with Crippen molar-refractivity contribution in [3.63, 3.8) is 0 Å². The molecular formula is C10H16IN. The van der Waals surface area contributed by atoms with Gasteiger partial charge in [0.05, 0.1) is 0 Å². The van der Waals surface area contributed by atoms with E-state index in [2.05, 4.69) is 50.7 Å². The van der Waals surface area contributed by atoms with Crippen LogP contribution in [0.3, 0.4) is 0 Å². The smallest absolute Gasteiger partial charge is 0.177 e. The van der Waals surface area contributed by atoms with E-state index >= 15 is 0 Å². The van der Waals surface area contributed by atoms with Crippen LogP contribution >= 0.6 is 0 Å². The van der Waals surface area contributed by atoms with Crippen molar-refractivity contribution >= 4 is 0 Å². The molecule has 0 amide bonds. The molecule has 12 heavy (non-hydrogen) atoms. The minimum Gasteiger partial charge on any atom is -1.00 e. The summed E-state index contributed by atoms with van der Waals surface area (Å²) in [4.78, 5) is 0. The topological polar surface area (TPSA) is 3.88 Å². The fourth-order valence-electron chi connectivity index (χ4n) is 1.04. The second kappa shape index (κ2) is 4.80. The summed E-state index contributed by atoms with van der Waals surface area (Å²) in [6, 6.07) is 4.36. The van der Waals surface area contributed by atoms with Crippen molar-refractivity contribution in [3.8, 4) is 0 Å². The number of rotatable bonds is 1. The highest BCUT2D eigenvalue weighted by Crippen LogP contribution is 2.10. The summed E-state index contributed by atoms with van der Waals surface area (Å²) in [5.74, 6) is 0.627. The maximum Gasteiger partial charge on any atom is 0.177 e. The largest absolute Gasteiger partial charge is 1.00 e. The van der Waals surface area contributed by atoms with Crippen LogP contribution in [0.4, 0.5) is 0 Å². The molecule has 0 aliphatic carbocycles. The molecule has 0 aliphatic rings. The Morgan fingerprint density at radius 1 is 1.25 bits per heavy atom. The number of halogens is 1. The molecule has 1 nitrogen and oxygen atoms in total. The van der Waals surface area contributed by atoms with Gasteiger partial charge < -0.3 is 24.0 Å². The summed E-state index contributed by atoms with van der Waals surface area (Å²) < 4.78 is 2.16. The highest BCUT2D eigenvalue weighted by atomic mass is 127. The van der Waals surface area contributed by atoms with Crippen molar-refractivity contribution in [3.05, 3.63) is 29.6 Å². The Morgan fingerprint density at radius 2 is 1.83 bits per heavy atom. The van der Waals surface area contributed by atoms with E-state index in [0.717, 1.165) is 0 Å². The Bertz CT molecular complexity index is 256. The molecule has 2 heteroatoms. The average Bonchev–Trinajstić information content (AvgIpc) is 1.94. The summed E-state index contributed by atoms with van der Waals surface area (Å²) in [7, 11) is 2.08. The molecule has 0 aliphatic heterocycles. The minimum atomic E-state index is 0. The third-order valence-electron chi connectivity index (χ3n) is 2.08. The molecule has 0 saturated carbocycles. The molecule has 0 spiro atoms. The van der Waals surface area contributed by atoms with Crippen molar-refractivity contribution in [2.45, 2.75) is 26.7 Å². The molecular weight excluding hydrogens is 261 g/mol. The van der Waals surface area contributed by atoms with Crippen LogP contribution < -0.4 is 28.5 Å². The van der Waals surface area contributed by atoms with Gasteiger partial charge in [-0.15, -0.1) is 0 Å². The molecule has 0 aromatic carbocycles. The number of aromatic nitrogens is 1. The quantitative estimate of drug-likeness (QED) is 0.455. The van der Waals surface area contributed by atoms with E-state index in [1.54, 1.807) is 0 Å². The highest BCUT2D eigenvalue weighted by Gasteiger charge is 2.04. The van der Waals surface area contributed by atoms with Crippen molar-refractivity contribution in [2.24, 2.45) is 7.05 Å². The van der Waals surface area contributed by atoms with Crippen LogP contribution in [0.2, 0.25) is 0 Å². The first-order valence-electron chi connectivity index (χ1n) is 4.07. The van der Waals surface area contributed by atoms with Gasteiger partial charge in [-0.1, -0.05) is 13.8 Å². The van der Waals surface area contributed by atoms with Crippen LogP contribution in [-0.4, -0.2) is 0 Å². The first-order valence-corrected chi connectivity index (χ1v) is 4.07. The van der Waals surface area contributed by atoms with Crippen LogP contribution in [0, 0.1) is 6.92 Å². The Labute approximate surface area is 91.8 Å². The molecule has 0 radical (unpaired) electrons. The van der Waals surface area contributed by atoms with Gasteiger partial charge in [-0.25, -0.2) is 4.57 Å². The van der Waals surface area contributed by atoms with Gasteiger partial charge in [0.15, 0.2) is 11.9 Å². The maximum absolute atomic E-state index is 2.21. The van der Waals surface area contributed by atoms with Crippen molar-refractivity contribution < 1.29 is 28.5 Å². The lowest BCUT2D eigenvalue weighted by Crippen LogP contribution is -3.00. The standard InChI is InChI=1S/C10H16N.HI/c1-8(2)10-6-5-9(3)11(4)7-10;/h5-8H,1-4H3;1H/q+1;/p-1. The van der Waals surface area contributed by atoms with Crippen LogP contribution in [0.15, 0.2) is 18.3 Å². The molecule has 0 bridgehead atoms. The number of hydrogen-bond acceptors (Lipinski definition) is 0. The van der Waals surface area contributed by atoms with Crippen molar-refractivity contribution in [2.75, 3.05) is 0 Å². The van der Waals surface area contributed by atoms with E-state index in [1.807, 2.05) is 0 Å². The molecule has 1 rings (SSSR count). The van der Waals surface area contributed by atoms with Gasteiger partial charge in [0.1, 0.15) is 7.05 Å². The summed E-state index contributed by atoms with van der Waals surface area (Å²) in [5.41, 5.74) is 2.70. The van der Waals surface area contributed by atoms with Gasteiger partial charge in [0.2, 0.25) is 0 Å². The fourth-order valence-corrected chi connectivity index (χ4v) is 1.04. The summed E-state index contributed by atoms with van der Waals surface area (Å²) in [6.07, 6.45) is 2.19. The minimum absolute atomic E-state index is 0. The Balaban J connectivity index is 0.00000121. The number of nitrogens with zero attached hydrogens (tertiary/aromatic N) is 1. The molecule has 1 heterocycles. The molecule has 0 unspecified atom stereocenters. The van der Waals surface area contributed by atoms with Crippen LogP contribution in [0.25, 0.3) is 0 Å². The average molecular weight is 277 g/mol. The van der Waals surface area contributed by atoms with Gasteiger partial charge in [-0.05, 0) is 12.0 Å². The van der Waals surface area contributed by atoms with E-state index in [1.165, 1.54) is 11.3 Å². The van der Waals surface area contributed by atoms with E-state index in [0.29, 0.717) is 5.92 Å². The van der Waals surface area contributed by atoms with Crippen molar-refractivity contribution in [1.29, 1.82) is 0 Å². The predicted molar refractivity (Wildman–Crippen MR) is 46.4 cm³/mol. The Kier molecular flexibility index (Phi) is 4.75. The lowest BCUT2D eigenvalue weighted by atomic mass is 10.1. The first kappa shape index (κ1) is 11.9. The number of pyridine rings is 1. The number of aryl methyl sites for hydroxylation is 2. The maximum atomic E-state index is 2.21. The van der Waals surface area contributed by atoms with Gasteiger partial charge in [-0.2, -0.15) is 0 Å². The van der Waals surface area contributed by atoms with Gasteiger partial charge >= 0.3 is 0 Å². The van der Waals surface area contributed by atoms with E-state index in [9.17, 15) is 0 Å². The number of hydrogen-bond donors (Lipinski definition) is 0. The summed E-state index contributed by atoms with van der Waals surface area (Å²) in [5, 5.41) is 0. The third kappa shape index (κ3) is 2.73. The zero-order valence-corrected chi connectivity index (χ0v) is 10.3. The Hall–Kier alpha value is -0.120. The summed E-state index contributed by atoms with van der Waals surface area (Å²) >= 11 is 0. The van der Waals surface area contributed by atoms with E-state index in [4.69, 9.17) is 0 Å². The monoisotopic (exact) mass is 277 g/mol. The normalized spacial score (nSPS) is 9.75. The SMILES string of the molecule is Cc1ccc(C(C)C)c[n+]1C.[I-]. The highest BCUT2D eigenvalue weighted by molar-refractivity contribution is 5.12. The van der Waals surface area contributed by atoms with Gasteiger partial charge in [0, 0.05) is 18.6 Å². The van der Waals surface area contributed by atoms with Gasteiger partial charge in [-0.3, -0.25) is 0 Å². The fraction of sp³-hybridized carbons (Fsp3) is 0.500. The van der Waals surface area contributed by atoms with E-state index < -0.39 is 0 Å². The second-order valence-electron chi connectivity index (χ2n) is 3.37. The Morgan fingerprint density at radius 3 is 2.25 bits per heavy atom. The van der Waals surface area contributed by atoms with Gasteiger partial charge in [0.25, 0.3) is 0 Å². The lowest BCUT2D eigenvalue weighted by Gasteiger charge is -2.02. The molecule has 0 fully saturated rings. The van der Waals surface area contributed by atoms with Crippen LogP contribution in [-0.2, 0) is 7.05 Å². The van der Waals surface area contributed by atoms with E-state index in [-0.39, 0.29) is 24.0 Å². The molecule has 0 atom stereocenters. The van der Waals surface area contributed by atoms with Crippen LogP contribution in [0.5, 0.6) is 0 Å². The lowest BCUT2D eigenvalue weighted by molar-refractivity contribution is -0.678. The zero-order chi connectivity index (χ0) is 8.43. The second-order valence-corrected chi connectivity index (χ2v) is 3.37. The third-order valence-corrected chi connectivity index (χ3v) is 2.08. The molecule has 0 N–H and O–H groups in total. The zero-order valence-electron chi connectivity index (χ0n) is 8.13. The van der Waals surface area contributed by atoms with Crippen molar-refractivity contribution in [1.82, 2.24) is 0 Å². The summed E-state index contributed by atoms with van der Waals surface area (Å²) in [6.45, 7) is 6.54. The van der Waals surface area contributed by atoms with Crippen LogP contribution in [0.1, 0.15) is 31.0 Å². The molecule has 0 saturated heterocycles. The molecule has 68 valence electrons. The molecule has 1 aromatic heterocycles. The first-order chi connectivity index (χ1) is 5.11. The predicted octanol–water partition coefficient (Wildman–Crippen LogP) is -1.05.